The highest BCUT2D eigenvalue weighted by Crippen LogP contribution is 2.39. The van der Waals surface area contributed by atoms with E-state index in [9.17, 15) is 14.7 Å². The second kappa shape index (κ2) is 9.14. The molecule has 3 N–H and O–H groups in total. The average Bonchev–Trinajstić information content (AvgIpc) is 2.79. The van der Waals surface area contributed by atoms with Crippen molar-refractivity contribution in [2.45, 2.75) is 51.9 Å². The molecule has 0 radical (unpaired) electrons. The standard InChI is InChI=1S/C24H30N4O4/c1-3-32-24-26-19-12-13-28(22(29)20(19)21(25)27-24)18-10-8-17(9-11-18)16-6-4-15(5-7-16)14(2)23(30)31/h8-11,14-16H,3-7,12-13H2,1-2H3,(H,30,31)(H2,25,26,27). The summed E-state index contributed by atoms with van der Waals surface area (Å²) in [6.07, 6.45) is 4.44. The number of carbonyl (C=O) groups is 2. The summed E-state index contributed by atoms with van der Waals surface area (Å²) in [6, 6.07) is 8.34. The van der Waals surface area contributed by atoms with Crippen molar-refractivity contribution in [1.29, 1.82) is 0 Å². The van der Waals surface area contributed by atoms with Crippen LogP contribution in [0.15, 0.2) is 24.3 Å². The monoisotopic (exact) mass is 438 g/mol. The second-order valence-electron chi connectivity index (χ2n) is 8.68. The van der Waals surface area contributed by atoms with Crippen molar-refractivity contribution in [3.63, 3.8) is 0 Å². The van der Waals surface area contributed by atoms with Gasteiger partial charge >= 0.3 is 12.0 Å². The smallest absolute Gasteiger partial charge is 0.318 e. The maximum Gasteiger partial charge on any atom is 0.318 e. The van der Waals surface area contributed by atoms with Crippen LogP contribution in [0.3, 0.4) is 0 Å². The molecule has 0 saturated heterocycles. The molecule has 0 bridgehead atoms. The molecule has 8 nitrogen and oxygen atoms in total. The summed E-state index contributed by atoms with van der Waals surface area (Å²) in [5.41, 5.74) is 9.11. The van der Waals surface area contributed by atoms with Crippen LogP contribution >= 0.6 is 0 Å². The van der Waals surface area contributed by atoms with E-state index in [1.54, 1.807) is 4.90 Å². The number of nitrogens with zero attached hydrogens (tertiary/aromatic N) is 3. The Labute approximate surface area is 187 Å². The molecule has 1 unspecified atom stereocenters. The van der Waals surface area contributed by atoms with Gasteiger partial charge in [-0.15, -0.1) is 0 Å². The van der Waals surface area contributed by atoms with Gasteiger partial charge in [-0.05, 0) is 62.1 Å². The topological polar surface area (TPSA) is 119 Å². The van der Waals surface area contributed by atoms with Crippen LogP contribution in [-0.2, 0) is 11.2 Å². The van der Waals surface area contributed by atoms with Crippen molar-refractivity contribution in [3.8, 4) is 6.01 Å². The van der Waals surface area contributed by atoms with Crippen molar-refractivity contribution in [1.82, 2.24) is 9.97 Å². The molecule has 2 heterocycles. The van der Waals surface area contributed by atoms with E-state index in [4.69, 9.17) is 10.5 Å². The second-order valence-corrected chi connectivity index (χ2v) is 8.68. The number of amides is 1. The van der Waals surface area contributed by atoms with Crippen LogP contribution in [0.4, 0.5) is 11.5 Å². The predicted octanol–water partition coefficient (Wildman–Crippen LogP) is 3.65. The molecule has 1 aliphatic carbocycles. The number of anilines is 2. The highest BCUT2D eigenvalue weighted by molar-refractivity contribution is 6.10. The Morgan fingerprint density at radius 2 is 1.91 bits per heavy atom. The van der Waals surface area contributed by atoms with Crippen molar-refractivity contribution >= 4 is 23.4 Å². The van der Waals surface area contributed by atoms with Crippen LogP contribution in [0, 0.1) is 11.8 Å². The van der Waals surface area contributed by atoms with Crippen LogP contribution in [0.2, 0.25) is 0 Å². The maximum atomic E-state index is 13.1. The van der Waals surface area contributed by atoms with Gasteiger partial charge in [0, 0.05) is 18.7 Å². The maximum absolute atomic E-state index is 13.1. The van der Waals surface area contributed by atoms with E-state index in [-0.39, 0.29) is 29.6 Å². The van der Waals surface area contributed by atoms with Gasteiger partial charge in [0.2, 0.25) is 0 Å². The van der Waals surface area contributed by atoms with E-state index >= 15 is 0 Å². The molecule has 1 fully saturated rings. The molecule has 8 heteroatoms. The summed E-state index contributed by atoms with van der Waals surface area (Å²) in [6.45, 7) is 4.61. The Morgan fingerprint density at radius 3 is 2.53 bits per heavy atom. The number of carbonyl (C=O) groups excluding carboxylic acids is 1. The third-order valence-corrected chi connectivity index (χ3v) is 6.84. The first-order chi connectivity index (χ1) is 15.4. The van der Waals surface area contributed by atoms with Crippen LogP contribution in [-0.4, -0.2) is 40.1 Å². The number of hydrogen-bond acceptors (Lipinski definition) is 6. The quantitative estimate of drug-likeness (QED) is 0.706. The molecule has 1 atom stereocenters. The number of rotatable bonds is 6. The van der Waals surface area contributed by atoms with Gasteiger partial charge < -0.3 is 20.5 Å². The lowest BCUT2D eigenvalue weighted by Gasteiger charge is -2.31. The van der Waals surface area contributed by atoms with E-state index < -0.39 is 5.97 Å². The van der Waals surface area contributed by atoms with Crippen molar-refractivity contribution in [2.75, 3.05) is 23.8 Å². The Balaban J connectivity index is 1.45. The predicted molar refractivity (Wildman–Crippen MR) is 121 cm³/mol. The number of hydrogen-bond donors (Lipinski definition) is 2. The van der Waals surface area contributed by atoms with Gasteiger partial charge in [0.1, 0.15) is 11.4 Å². The minimum Gasteiger partial charge on any atom is -0.481 e. The molecular formula is C24H30N4O4. The molecule has 1 saturated carbocycles. The molecule has 2 aromatic rings. The van der Waals surface area contributed by atoms with Crippen molar-refractivity contribution in [2.24, 2.45) is 11.8 Å². The molecule has 2 aliphatic rings. The number of nitrogens with two attached hydrogens (primary N) is 1. The van der Waals surface area contributed by atoms with E-state index in [0.29, 0.717) is 36.7 Å². The molecular weight excluding hydrogens is 408 g/mol. The number of fused-ring (bicyclic) bond motifs is 1. The fourth-order valence-corrected chi connectivity index (χ4v) is 4.89. The lowest BCUT2D eigenvalue weighted by atomic mass is 9.74. The van der Waals surface area contributed by atoms with E-state index in [2.05, 4.69) is 22.1 Å². The van der Waals surface area contributed by atoms with Crippen LogP contribution in [0.5, 0.6) is 6.01 Å². The van der Waals surface area contributed by atoms with Gasteiger partial charge in [0.15, 0.2) is 0 Å². The third-order valence-electron chi connectivity index (χ3n) is 6.84. The number of carboxylic acids is 1. The number of carboxylic acid groups (broad SMARTS) is 1. The first-order valence-electron chi connectivity index (χ1n) is 11.3. The van der Waals surface area contributed by atoms with Gasteiger partial charge in [0.25, 0.3) is 5.91 Å². The van der Waals surface area contributed by atoms with E-state index in [0.717, 1.165) is 31.4 Å². The highest BCUT2D eigenvalue weighted by Gasteiger charge is 2.32. The highest BCUT2D eigenvalue weighted by atomic mass is 16.5. The minimum absolute atomic E-state index is 0.150. The normalized spacial score (nSPS) is 21.7. The largest absolute Gasteiger partial charge is 0.481 e. The molecule has 1 aromatic carbocycles. The zero-order valence-corrected chi connectivity index (χ0v) is 18.6. The minimum atomic E-state index is -0.703. The Hall–Kier alpha value is -3.16. The molecule has 0 spiro atoms. The summed E-state index contributed by atoms with van der Waals surface area (Å²) in [7, 11) is 0. The van der Waals surface area contributed by atoms with Crippen LogP contribution < -0.4 is 15.4 Å². The zero-order valence-electron chi connectivity index (χ0n) is 18.6. The lowest BCUT2D eigenvalue weighted by Crippen LogP contribution is -2.39. The van der Waals surface area contributed by atoms with E-state index in [1.807, 2.05) is 26.0 Å². The summed E-state index contributed by atoms with van der Waals surface area (Å²) in [5.74, 6) is -0.344. The summed E-state index contributed by atoms with van der Waals surface area (Å²) in [5, 5.41) is 9.25. The summed E-state index contributed by atoms with van der Waals surface area (Å²) < 4.78 is 5.35. The average molecular weight is 439 g/mol. The third kappa shape index (κ3) is 4.26. The molecule has 1 aliphatic heterocycles. The number of aliphatic carboxylic acids is 1. The Kier molecular flexibility index (Phi) is 6.30. The number of ether oxygens (including phenoxy) is 1. The van der Waals surface area contributed by atoms with E-state index in [1.165, 1.54) is 5.56 Å². The van der Waals surface area contributed by atoms with Crippen molar-refractivity contribution < 1.29 is 19.4 Å². The number of aromatic nitrogens is 2. The summed E-state index contributed by atoms with van der Waals surface area (Å²) >= 11 is 0. The molecule has 170 valence electrons. The molecule has 1 aromatic heterocycles. The van der Waals surface area contributed by atoms with Gasteiger partial charge in [0.05, 0.1) is 18.2 Å². The molecule has 32 heavy (non-hydrogen) atoms. The van der Waals surface area contributed by atoms with Gasteiger partial charge in [-0.25, -0.2) is 0 Å². The zero-order chi connectivity index (χ0) is 22.8. The van der Waals surface area contributed by atoms with Crippen LogP contribution in [0.1, 0.15) is 67.1 Å². The Morgan fingerprint density at radius 1 is 1.22 bits per heavy atom. The molecule has 1 amide bonds. The number of benzene rings is 1. The Bertz CT molecular complexity index is 1000. The first kappa shape index (κ1) is 22.0. The van der Waals surface area contributed by atoms with Crippen LogP contribution in [0.25, 0.3) is 0 Å². The first-order valence-corrected chi connectivity index (χ1v) is 11.3. The SMILES string of the molecule is CCOc1nc(N)c2c(n1)CCN(c1ccc(C3CCC(C(C)C(=O)O)CC3)cc1)C2=O. The van der Waals surface area contributed by atoms with Gasteiger partial charge in [-0.3, -0.25) is 9.59 Å². The lowest BCUT2D eigenvalue weighted by molar-refractivity contribution is -0.143. The molecule has 4 rings (SSSR count). The van der Waals surface area contributed by atoms with Gasteiger partial charge in [-0.2, -0.15) is 9.97 Å². The fraction of sp³-hybridized carbons (Fsp3) is 0.500. The fourth-order valence-electron chi connectivity index (χ4n) is 4.89. The van der Waals surface area contributed by atoms with Crippen molar-refractivity contribution in [3.05, 3.63) is 41.1 Å². The summed E-state index contributed by atoms with van der Waals surface area (Å²) in [4.78, 5) is 34.6. The van der Waals surface area contributed by atoms with Gasteiger partial charge in [-0.1, -0.05) is 19.1 Å². The number of nitrogen functional groups attached to an aromatic ring is 1.